The average Bonchev–Trinajstić information content (AvgIpc) is 2.91. The van der Waals surface area contributed by atoms with Gasteiger partial charge in [-0.3, -0.25) is 5.32 Å². The van der Waals surface area contributed by atoms with E-state index in [1.165, 1.54) is 10.6 Å². The lowest BCUT2D eigenvalue weighted by molar-refractivity contribution is 0.405. The number of fused-ring (bicyclic) bond motifs is 1. The van der Waals surface area contributed by atoms with Gasteiger partial charge in [0.1, 0.15) is 0 Å². The van der Waals surface area contributed by atoms with E-state index < -0.39 is 0 Å². The number of nitrogens with one attached hydrogen (secondary N) is 1. The van der Waals surface area contributed by atoms with E-state index in [-0.39, 0.29) is 11.5 Å². The average molecular weight is 293 g/mol. The molecule has 1 aliphatic heterocycles. The number of thioether (sulfide) groups is 1. The molecule has 0 saturated heterocycles. The summed E-state index contributed by atoms with van der Waals surface area (Å²) in [7, 11) is 0.368. The van der Waals surface area contributed by atoms with E-state index in [4.69, 9.17) is 0 Å². The van der Waals surface area contributed by atoms with Gasteiger partial charge in [0.25, 0.3) is 0 Å². The first-order valence-corrected chi connectivity index (χ1v) is 8.65. The molecule has 2 aromatic carbocycles. The molecule has 1 atom stereocenters. The van der Waals surface area contributed by atoms with Crippen molar-refractivity contribution in [2.75, 3.05) is 17.4 Å². The van der Waals surface area contributed by atoms with Crippen molar-refractivity contribution in [3.8, 4) is 11.5 Å². The maximum atomic E-state index is 9.54. The molecule has 0 bridgehead atoms. The summed E-state index contributed by atoms with van der Waals surface area (Å²) in [6, 6.07) is 9.31. The molecule has 5 heteroatoms. The zero-order valence-electron chi connectivity index (χ0n) is 10.3. The standard InChI is InChI=1S/C14H15NO2S2/c16-13-6-10-1-2-12(5-11(10)7-14(13)17)18-9-19-4-3-15-8-19/h1-2,5-8,15-17H,3-4,9H2. The van der Waals surface area contributed by atoms with Crippen molar-refractivity contribution in [3.05, 3.63) is 30.3 Å². The molecule has 3 rings (SSSR count). The van der Waals surface area contributed by atoms with Gasteiger partial charge in [0.2, 0.25) is 0 Å². The largest absolute Gasteiger partial charge is 0.504 e. The lowest BCUT2D eigenvalue weighted by Gasteiger charge is -2.06. The lowest BCUT2D eigenvalue weighted by Crippen LogP contribution is -2.04. The molecule has 1 unspecified atom stereocenters. The van der Waals surface area contributed by atoms with Crippen molar-refractivity contribution >= 4 is 38.5 Å². The van der Waals surface area contributed by atoms with E-state index in [0.29, 0.717) is 10.5 Å². The SMILES string of the molecule is Oc1cc2ccc(SCS3=CNCC3)cc2cc1O. The minimum atomic E-state index is -0.0685. The number of phenols is 2. The van der Waals surface area contributed by atoms with Crippen molar-refractivity contribution in [2.45, 2.75) is 4.90 Å². The number of hydrogen-bond acceptors (Lipinski definition) is 4. The Labute approximate surface area is 118 Å². The van der Waals surface area contributed by atoms with Crippen molar-refractivity contribution in [2.24, 2.45) is 0 Å². The van der Waals surface area contributed by atoms with E-state index in [9.17, 15) is 10.2 Å². The molecule has 0 saturated carbocycles. The van der Waals surface area contributed by atoms with Crippen LogP contribution in [-0.4, -0.2) is 33.1 Å². The quantitative estimate of drug-likeness (QED) is 0.463. The third-order valence-corrected chi connectivity index (χ3v) is 6.54. The molecule has 1 heterocycles. The molecule has 3 nitrogen and oxygen atoms in total. The van der Waals surface area contributed by atoms with Gasteiger partial charge in [-0.25, -0.2) is 0 Å². The first-order chi connectivity index (χ1) is 9.22. The lowest BCUT2D eigenvalue weighted by atomic mass is 10.1. The van der Waals surface area contributed by atoms with Crippen LogP contribution in [0.2, 0.25) is 0 Å². The predicted molar refractivity (Wildman–Crippen MR) is 84.5 cm³/mol. The first kappa shape index (κ1) is 12.8. The van der Waals surface area contributed by atoms with E-state index in [1.54, 1.807) is 12.1 Å². The van der Waals surface area contributed by atoms with E-state index in [2.05, 4.69) is 22.9 Å². The Bertz CT molecular complexity index is 655. The maximum Gasteiger partial charge on any atom is 0.158 e. The number of hydrogen-bond donors (Lipinski definition) is 3. The van der Waals surface area contributed by atoms with Crippen LogP contribution in [0.15, 0.2) is 35.2 Å². The monoisotopic (exact) mass is 293 g/mol. The van der Waals surface area contributed by atoms with Crippen molar-refractivity contribution < 1.29 is 10.2 Å². The van der Waals surface area contributed by atoms with E-state index in [0.717, 1.165) is 22.4 Å². The van der Waals surface area contributed by atoms with Crippen LogP contribution in [0.3, 0.4) is 0 Å². The van der Waals surface area contributed by atoms with Gasteiger partial charge in [-0.1, -0.05) is 6.07 Å². The summed E-state index contributed by atoms with van der Waals surface area (Å²) < 4.78 is 0. The summed E-state index contributed by atoms with van der Waals surface area (Å²) in [5.41, 5.74) is 2.21. The summed E-state index contributed by atoms with van der Waals surface area (Å²) in [5, 5.41) is 25.3. The van der Waals surface area contributed by atoms with Crippen LogP contribution >= 0.6 is 22.2 Å². The Morgan fingerprint density at radius 1 is 1.11 bits per heavy atom. The topological polar surface area (TPSA) is 52.5 Å². The normalized spacial score (nSPS) is 18.6. The molecule has 0 aromatic heterocycles. The summed E-state index contributed by atoms with van der Waals surface area (Å²) in [6.45, 7) is 1.09. The zero-order chi connectivity index (χ0) is 13.2. The fraction of sp³-hybridized carbons (Fsp3) is 0.214. The van der Waals surface area contributed by atoms with Crippen LogP contribution < -0.4 is 5.32 Å². The van der Waals surface area contributed by atoms with Gasteiger partial charge < -0.3 is 10.2 Å². The predicted octanol–water partition coefficient (Wildman–Crippen LogP) is 2.93. The second-order valence-electron chi connectivity index (χ2n) is 4.43. The van der Waals surface area contributed by atoms with Gasteiger partial charge >= 0.3 is 0 Å². The maximum absolute atomic E-state index is 9.54. The molecule has 0 amide bonds. The first-order valence-electron chi connectivity index (χ1n) is 6.04. The fourth-order valence-electron chi connectivity index (χ4n) is 2.00. The Balaban J connectivity index is 1.82. The molecule has 2 aromatic rings. The Morgan fingerprint density at radius 3 is 2.63 bits per heavy atom. The van der Waals surface area contributed by atoms with Gasteiger partial charge in [-0.15, -0.1) is 11.8 Å². The molecule has 0 radical (unpaired) electrons. The summed E-state index contributed by atoms with van der Waals surface area (Å²) >= 11 is 1.84. The zero-order valence-corrected chi connectivity index (χ0v) is 11.9. The molecule has 100 valence electrons. The van der Waals surface area contributed by atoms with Crippen LogP contribution in [0.25, 0.3) is 10.8 Å². The summed E-state index contributed by atoms with van der Waals surface area (Å²) in [4.78, 5) is 1.20. The van der Waals surface area contributed by atoms with E-state index >= 15 is 0 Å². The minimum absolute atomic E-state index is 0.0650. The van der Waals surface area contributed by atoms with Crippen molar-refractivity contribution in [3.63, 3.8) is 0 Å². The summed E-state index contributed by atoms with van der Waals surface area (Å²) in [6.07, 6.45) is 0. The summed E-state index contributed by atoms with van der Waals surface area (Å²) in [5.74, 6) is 1.10. The number of rotatable bonds is 3. The Hall–Kier alpha value is -1.17. The molecule has 0 fully saturated rings. The number of benzene rings is 2. The van der Waals surface area contributed by atoms with Crippen molar-refractivity contribution in [1.82, 2.24) is 5.32 Å². The molecular weight excluding hydrogens is 278 g/mol. The molecule has 0 aliphatic carbocycles. The van der Waals surface area contributed by atoms with Crippen molar-refractivity contribution in [1.29, 1.82) is 0 Å². The molecular formula is C14H15NO2S2. The number of phenolic OH excluding ortho intramolecular Hbond substituents is 2. The van der Waals surface area contributed by atoms with Gasteiger partial charge in [-0.2, -0.15) is 10.5 Å². The highest BCUT2D eigenvalue weighted by Gasteiger charge is 2.06. The second kappa shape index (κ2) is 5.45. The number of aromatic hydroxyl groups is 2. The van der Waals surface area contributed by atoms with Crippen LogP contribution in [0.4, 0.5) is 0 Å². The van der Waals surface area contributed by atoms with Crippen LogP contribution in [0.1, 0.15) is 0 Å². The Morgan fingerprint density at radius 2 is 1.89 bits per heavy atom. The molecule has 3 N–H and O–H groups in total. The van der Waals surface area contributed by atoms with Crippen LogP contribution in [0, 0.1) is 0 Å². The molecule has 1 aliphatic rings. The van der Waals surface area contributed by atoms with Gasteiger partial charge in [0.15, 0.2) is 11.5 Å². The molecule has 0 spiro atoms. The van der Waals surface area contributed by atoms with Crippen LogP contribution in [-0.2, 0) is 0 Å². The van der Waals surface area contributed by atoms with E-state index in [1.807, 2.05) is 17.8 Å². The molecule has 19 heavy (non-hydrogen) atoms. The highest BCUT2D eigenvalue weighted by atomic mass is 32.2. The smallest absolute Gasteiger partial charge is 0.158 e. The van der Waals surface area contributed by atoms with Gasteiger partial charge in [0.05, 0.1) is 0 Å². The third kappa shape index (κ3) is 2.88. The Kier molecular flexibility index (Phi) is 3.68. The highest BCUT2D eigenvalue weighted by molar-refractivity contribution is 8.25. The van der Waals surface area contributed by atoms with Gasteiger partial charge in [-0.05, 0) is 35.0 Å². The van der Waals surface area contributed by atoms with Crippen LogP contribution in [0.5, 0.6) is 11.5 Å². The minimum Gasteiger partial charge on any atom is -0.504 e. The van der Waals surface area contributed by atoms with Gasteiger partial charge in [0, 0.05) is 27.8 Å². The highest BCUT2D eigenvalue weighted by Crippen LogP contribution is 2.34. The fourth-order valence-corrected chi connectivity index (χ4v) is 5.12. The second-order valence-corrected chi connectivity index (χ2v) is 7.85. The third-order valence-electron chi connectivity index (χ3n) is 3.04.